The quantitative estimate of drug-likeness (QED) is 0.223. The number of benzene rings is 1. The van der Waals surface area contributed by atoms with E-state index >= 15 is 0 Å². The van der Waals surface area contributed by atoms with Crippen molar-refractivity contribution in [1.82, 2.24) is 15.5 Å². The standard InChI is InChI=1S/C27H40N4O4.C2H5Cl.C2H5NO/c1-5-6-11-21(24(32)25(28)33)30-26(34)23-17(4)12-13-31(23)27(35)22(29-16(2)3)20-14-18-9-7-8-10-19(18)15-20;1-2-3;1-2(3)4/h7-10,16-17,20-23,29H,5-6,11-15H2,1-4H3,(H2,28,33)(H,30,34);2H2,1H3;1H3,(H2,3,4)/t17-,21?,22?,23?;;/m0../s1. The van der Waals surface area contributed by atoms with Crippen LogP contribution in [-0.2, 0) is 36.8 Å². The van der Waals surface area contributed by atoms with Crippen LogP contribution in [0.15, 0.2) is 24.3 Å². The van der Waals surface area contributed by atoms with Crippen molar-refractivity contribution >= 4 is 41.0 Å². The van der Waals surface area contributed by atoms with E-state index in [1.165, 1.54) is 18.1 Å². The molecule has 0 saturated carbocycles. The van der Waals surface area contributed by atoms with Crippen molar-refractivity contribution in [3.8, 4) is 0 Å². The van der Waals surface area contributed by atoms with Crippen LogP contribution in [0.25, 0.3) is 0 Å². The molecule has 0 aromatic heterocycles. The third-order valence-corrected chi connectivity index (χ3v) is 7.31. The Kier molecular flexibility index (Phi) is 16.3. The van der Waals surface area contributed by atoms with Crippen LogP contribution in [0.4, 0.5) is 0 Å². The maximum absolute atomic E-state index is 13.9. The predicted molar refractivity (Wildman–Crippen MR) is 166 cm³/mol. The van der Waals surface area contributed by atoms with Gasteiger partial charge in [-0.05, 0) is 48.6 Å². The first kappa shape index (κ1) is 37.0. The van der Waals surface area contributed by atoms with Crippen LogP contribution >= 0.6 is 11.6 Å². The molecule has 1 heterocycles. The van der Waals surface area contributed by atoms with Crippen LogP contribution in [0.5, 0.6) is 0 Å². The Balaban J connectivity index is 0.00000114. The number of unbranched alkanes of at least 4 members (excludes halogenated alkanes) is 1. The Morgan fingerprint density at radius 1 is 1.05 bits per heavy atom. The normalized spacial score (nSPS) is 19.0. The molecule has 42 heavy (non-hydrogen) atoms. The van der Waals surface area contributed by atoms with E-state index in [-0.39, 0.29) is 29.7 Å². The number of carbonyl (C=O) groups excluding carboxylic acids is 5. The number of Topliss-reactive ketones (excluding diaryl/α,β-unsaturated/α-hetero) is 1. The number of nitrogens with zero attached hydrogens (tertiary/aromatic N) is 1. The first-order valence-corrected chi connectivity index (χ1v) is 15.4. The van der Waals surface area contributed by atoms with E-state index in [1.54, 1.807) is 4.90 Å². The number of primary amides is 2. The largest absolute Gasteiger partial charge is 0.370 e. The van der Waals surface area contributed by atoms with Crippen molar-refractivity contribution in [3.05, 3.63) is 35.4 Å². The Hall–Kier alpha value is -2.98. The Bertz CT molecular complexity index is 1040. The summed E-state index contributed by atoms with van der Waals surface area (Å²) in [5.41, 5.74) is 12.2. The number of nitrogens with one attached hydrogen (secondary N) is 2. The van der Waals surface area contributed by atoms with Gasteiger partial charge in [0.05, 0.1) is 12.1 Å². The van der Waals surface area contributed by atoms with Gasteiger partial charge in [-0.25, -0.2) is 0 Å². The zero-order valence-corrected chi connectivity index (χ0v) is 26.7. The third kappa shape index (κ3) is 11.4. The molecule has 4 amide bonds. The first-order chi connectivity index (χ1) is 19.8. The molecule has 1 aromatic carbocycles. The molecule has 2 aliphatic rings. The molecular formula is C31H50ClN5O5. The van der Waals surface area contributed by atoms with Crippen molar-refractivity contribution < 1.29 is 24.0 Å². The summed E-state index contributed by atoms with van der Waals surface area (Å²) in [4.78, 5) is 62.1. The number of amides is 4. The molecule has 1 saturated heterocycles. The monoisotopic (exact) mass is 607 g/mol. The number of halogens is 1. The van der Waals surface area contributed by atoms with Gasteiger partial charge >= 0.3 is 0 Å². The number of ketones is 1. The first-order valence-electron chi connectivity index (χ1n) is 14.9. The van der Waals surface area contributed by atoms with E-state index in [0.29, 0.717) is 25.8 Å². The number of rotatable bonds is 11. The number of alkyl halides is 1. The van der Waals surface area contributed by atoms with Crippen molar-refractivity contribution in [2.45, 2.75) is 104 Å². The SMILES string of the molecule is CC(N)=O.CCCCC(NC(=O)C1[C@@H](C)CCN1C(=O)C(NC(C)C)C1Cc2ccccc2C1)C(=O)C(N)=O.CCCl. The van der Waals surface area contributed by atoms with Gasteiger partial charge in [0.25, 0.3) is 5.91 Å². The van der Waals surface area contributed by atoms with Gasteiger partial charge in [0.15, 0.2) is 0 Å². The second-order valence-corrected chi connectivity index (χ2v) is 11.8. The summed E-state index contributed by atoms with van der Waals surface area (Å²) in [6, 6.07) is 6.33. The molecule has 4 atom stereocenters. The maximum atomic E-state index is 13.9. The van der Waals surface area contributed by atoms with Gasteiger partial charge in [-0.1, -0.05) is 71.7 Å². The molecule has 3 rings (SSSR count). The van der Waals surface area contributed by atoms with Crippen LogP contribution in [-0.4, -0.2) is 70.9 Å². The summed E-state index contributed by atoms with van der Waals surface area (Å²) >= 11 is 5.00. The lowest BCUT2D eigenvalue weighted by atomic mass is 9.93. The summed E-state index contributed by atoms with van der Waals surface area (Å²) in [6.07, 6.45) is 4.17. The van der Waals surface area contributed by atoms with Gasteiger partial charge in [-0.15, -0.1) is 11.6 Å². The number of nitrogens with two attached hydrogens (primary N) is 2. The van der Waals surface area contributed by atoms with Crippen molar-refractivity contribution in [2.75, 3.05) is 12.4 Å². The highest BCUT2D eigenvalue weighted by molar-refractivity contribution is 6.37. The van der Waals surface area contributed by atoms with Crippen molar-refractivity contribution in [3.63, 3.8) is 0 Å². The predicted octanol–water partition coefficient (Wildman–Crippen LogP) is 2.47. The molecule has 6 N–H and O–H groups in total. The lowest BCUT2D eigenvalue weighted by Gasteiger charge is -2.34. The second kappa shape index (κ2) is 18.5. The van der Waals surface area contributed by atoms with Crippen molar-refractivity contribution in [1.29, 1.82) is 0 Å². The van der Waals surface area contributed by atoms with E-state index in [4.69, 9.17) is 17.3 Å². The molecule has 1 aromatic rings. The molecule has 0 spiro atoms. The van der Waals surface area contributed by atoms with E-state index < -0.39 is 35.7 Å². The minimum absolute atomic E-state index is 0.0602. The number of hydrogen-bond acceptors (Lipinski definition) is 6. The van der Waals surface area contributed by atoms with Crippen LogP contribution in [0.2, 0.25) is 0 Å². The fraction of sp³-hybridized carbons (Fsp3) is 0.645. The van der Waals surface area contributed by atoms with Crippen LogP contribution in [0, 0.1) is 11.8 Å². The smallest absolute Gasteiger partial charge is 0.287 e. The second-order valence-electron chi connectivity index (χ2n) is 11.3. The highest BCUT2D eigenvalue weighted by atomic mass is 35.5. The molecule has 10 nitrogen and oxygen atoms in total. The van der Waals surface area contributed by atoms with Crippen LogP contribution in [0.3, 0.4) is 0 Å². The lowest BCUT2D eigenvalue weighted by molar-refractivity contribution is -0.143. The van der Waals surface area contributed by atoms with E-state index in [0.717, 1.165) is 25.1 Å². The molecule has 0 radical (unpaired) electrons. The topological polar surface area (TPSA) is 165 Å². The van der Waals surface area contributed by atoms with Gasteiger partial charge in [0.2, 0.25) is 23.5 Å². The minimum Gasteiger partial charge on any atom is -0.370 e. The average Bonchev–Trinajstić information content (AvgIpc) is 3.52. The molecule has 0 bridgehead atoms. The maximum Gasteiger partial charge on any atom is 0.287 e. The number of carbonyl (C=O) groups is 5. The highest BCUT2D eigenvalue weighted by Gasteiger charge is 2.45. The fourth-order valence-corrected chi connectivity index (χ4v) is 5.48. The molecule has 3 unspecified atom stereocenters. The number of fused-ring (bicyclic) bond motifs is 1. The number of likely N-dealkylation sites (tertiary alicyclic amines) is 1. The third-order valence-electron chi connectivity index (χ3n) is 7.31. The summed E-state index contributed by atoms with van der Waals surface area (Å²) in [5, 5.41) is 6.22. The summed E-state index contributed by atoms with van der Waals surface area (Å²) in [7, 11) is 0. The summed E-state index contributed by atoms with van der Waals surface area (Å²) in [6.45, 7) is 11.6. The Morgan fingerprint density at radius 2 is 1.57 bits per heavy atom. The van der Waals surface area contributed by atoms with Gasteiger partial charge in [-0.2, -0.15) is 0 Å². The van der Waals surface area contributed by atoms with Gasteiger partial charge in [0.1, 0.15) is 6.04 Å². The summed E-state index contributed by atoms with van der Waals surface area (Å²) in [5.74, 6) is -1.88. The Morgan fingerprint density at radius 3 is 2.02 bits per heavy atom. The molecule has 1 fully saturated rings. The van der Waals surface area contributed by atoms with E-state index in [1.807, 2.05) is 46.8 Å². The van der Waals surface area contributed by atoms with E-state index in [9.17, 15) is 24.0 Å². The highest BCUT2D eigenvalue weighted by Crippen LogP contribution is 2.32. The molecular weight excluding hydrogens is 558 g/mol. The molecule has 1 aliphatic heterocycles. The zero-order valence-electron chi connectivity index (χ0n) is 26.0. The van der Waals surface area contributed by atoms with Crippen LogP contribution < -0.4 is 22.1 Å². The van der Waals surface area contributed by atoms with Gasteiger partial charge in [0, 0.05) is 25.4 Å². The summed E-state index contributed by atoms with van der Waals surface area (Å²) < 4.78 is 0. The number of hydrogen-bond donors (Lipinski definition) is 4. The van der Waals surface area contributed by atoms with Crippen molar-refractivity contribution in [2.24, 2.45) is 23.3 Å². The zero-order chi connectivity index (χ0) is 32.0. The minimum atomic E-state index is -1.05. The molecule has 236 valence electrons. The average molecular weight is 608 g/mol. The van der Waals surface area contributed by atoms with Gasteiger partial charge < -0.3 is 27.0 Å². The molecule has 11 heteroatoms. The molecule has 1 aliphatic carbocycles. The van der Waals surface area contributed by atoms with E-state index in [2.05, 4.69) is 28.5 Å². The van der Waals surface area contributed by atoms with Crippen LogP contribution in [0.1, 0.15) is 78.4 Å². The van der Waals surface area contributed by atoms with Gasteiger partial charge in [-0.3, -0.25) is 24.0 Å². The Labute approximate surface area is 255 Å². The lowest BCUT2D eigenvalue weighted by Crippen LogP contribution is -2.58. The fourth-order valence-electron chi connectivity index (χ4n) is 5.48.